The van der Waals surface area contributed by atoms with Crippen LogP contribution in [0.25, 0.3) is 21.9 Å². The lowest BCUT2D eigenvalue weighted by molar-refractivity contribution is -0.140. The number of hydrogen-bond acceptors (Lipinski definition) is 2. The first-order valence-electron chi connectivity index (χ1n) is 7.34. The minimum absolute atomic E-state index is 0.351. The fourth-order valence-corrected chi connectivity index (χ4v) is 2.64. The highest BCUT2D eigenvalue weighted by atomic mass is 19.4. The molecule has 126 valence electrons. The standard InChI is InChI=1S/C17H11F3N4O/c18-17(19,20)15-7-10-5-11(2-4-12(10)24-15)23-16(25)9-1-3-13-14(6-9)22-8-21-13/h1-8,24H,(H,21,22)(H,23,25). The number of fused-ring (bicyclic) bond motifs is 2. The SMILES string of the molecule is O=C(Nc1ccc2[nH]c(C(F)(F)F)cc2c1)c1ccc2nc[nH]c2c1. The summed E-state index contributed by atoms with van der Waals surface area (Å²) in [6.07, 6.45) is -2.91. The number of halogens is 3. The van der Waals surface area contributed by atoms with Crippen LogP contribution in [-0.4, -0.2) is 20.9 Å². The minimum Gasteiger partial charge on any atom is -0.351 e. The lowest BCUT2D eigenvalue weighted by Gasteiger charge is -2.05. The highest BCUT2D eigenvalue weighted by Gasteiger charge is 2.32. The molecule has 0 bridgehead atoms. The Labute approximate surface area is 138 Å². The highest BCUT2D eigenvalue weighted by molar-refractivity contribution is 6.06. The fourth-order valence-electron chi connectivity index (χ4n) is 2.64. The van der Waals surface area contributed by atoms with E-state index in [0.29, 0.717) is 22.2 Å². The van der Waals surface area contributed by atoms with Gasteiger partial charge in [-0.05, 0) is 42.5 Å². The van der Waals surface area contributed by atoms with Crippen LogP contribution in [0.3, 0.4) is 0 Å². The van der Waals surface area contributed by atoms with Gasteiger partial charge in [-0.1, -0.05) is 0 Å². The summed E-state index contributed by atoms with van der Waals surface area (Å²) < 4.78 is 38.3. The van der Waals surface area contributed by atoms with Crippen molar-refractivity contribution < 1.29 is 18.0 Å². The summed E-state index contributed by atoms with van der Waals surface area (Å²) in [5.41, 5.74) is 1.82. The summed E-state index contributed by atoms with van der Waals surface area (Å²) >= 11 is 0. The summed E-state index contributed by atoms with van der Waals surface area (Å²) in [5.74, 6) is -0.359. The van der Waals surface area contributed by atoms with Crippen molar-refractivity contribution in [1.82, 2.24) is 15.0 Å². The van der Waals surface area contributed by atoms with Gasteiger partial charge in [0.25, 0.3) is 5.91 Å². The minimum atomic E-state index is -4.44. The number of imidazole rings is 1. The molecule has 3 N–H and O–H groups in total. The normalized spacial score (nSPS) is 12.0. The summed E-state index contributed by atoms with van der Waals surface area (Å²) in [5, 5.41) is 3.06. The number of nitrogens with zero attached hydrogens (tertiary/aromatic N) is 1. The average Bonchev–Trinajstić information content (AvgIpc) is 3.19. The molecule has 0 fully saturated rings. The van der Waals surface area contributed by atoms with E-state index < -0.39 is 11.9 Å². The first kappa shape index (κ1) is 15.3. The van der Waals surface area contributed by atoms with E-state index in [-0.39, 0.29) is 5.91 Å². The van der Waals surface area contributed by atoms with Crippen molar-refractivity contribution in [2.24, 2.45) is 0 Å². The third-order valence-electron chi connectivity index (χ3n) is 3.87. The second-order valence-electron chi connectivity index (χ2n) is 5.57. The van der Waals surface area contributed by atoms with Gasteiger partial charge in [0, 0.05) is 22.2 Å². The van der Waals surface area contributed by atoms with Crippen molar-refractivity contribution in [2.75, 3.05) is 5.32 Å². The van der Waals surface area contributed by atoms with E-state index in [1.165, 1.54) is 18.5 Å². The Morgan fingerprint density at radius 1 is 1.04 bits per heavy atom. The highest BCUT2D eigenvalue weighted by Crippen LogP contribution is 2.32. The molecule has 0 atom stereocenters. The van der Waals surface area contributed by atoms with Gasteiger partial charge in [-0.15, -0.1) is 0 Å². The van der Waals surface area contributed by atoms with Crippen molar-refractivity contribution in [2.45, 2.75) is 6.18 Å². The van der Waals surface area contributed by atoms with Gasteiger partial charge < -0.3 is 15.3 Å². The summed E-state index contributed by atoms with van der Waals surface area (Å²) in [6.45, 7) is 0. The van der Waals surface area contributed by atoms with Gasteiger partial charge in [-0.25, -0.2) is 4.98 Å². The van der Waals surface area contributed by atoms with Crippen molar-refractivity contribution in [3.63, 3.8) is 0 Å². The van der Waals surface area contributed by atoms with Crippen LogP contribution in [0.1, 0.15) is 16.1 Å². The number of amides is 1. The third kappa shape index (κ3) is 2.82. The molecule has 0 spiro atoms. The number of anilines is 1. The molecule has 0 aliphatic heterocycles. The van der Waals surface area contributed by atoms with E-state index in [2.05, 4.69) is 20.3 Å². The van der Waals surface area contributed by atoms with E-state index in [1.807, 2.05) is 0 Å². The van der Waals surface area contributed by atoms with Crippen LogP contribution < -0.4 is 5.32 Å². The van der Waals surface area contributed by atoms with Crippen LogP contribution in [0, 0.1) is 0 Å². The Morgan fingerprint density at radius 3 is 2.68 bits per heavy atom. The number of rotatable bonds is 2. The van der Waals surface area contributed by atoms with Gasteiger partial charge >= 0.3 is 6.18 Å². The first-order chi connectivity index (χ1) is 11.9. The molecule has 0 aliphatic rings. The molecule has 2 aromatic carbocycles. The fraction of sp³-hybridized carbons (Fsp3) is 0.0588. The number of alkyl halides is 3. The first-order valence-corrected chi connectivity index (χ1v) is 7.34. The Hall–Kier alpha value is -3.29. The molecular weight excluding hydrogens is 333 g/mol. The maximum Gasteiger partial charge on any atom is 0.431 e. The second-order valence-corrected chi connectivity index (χ2v) is 5.57. The molecule has 0 aliphatic carbocycles. The summed E-state index contributed by atoms with van der Waals surface area (Å²) in [6, 6.07) is 10.6. The van der Waals surface area contributed by atoms with Gasteiger partial charge in [-0.3, -0.25) is 4.79 Å². The Morgan fingerprint density at radius 2 is 1.88 bits per heavy atom. The topological polar surface area (TPSA) is 73.6 Å². The number of carbonyl (C=O) groups excluding carboxylic acids is 1. The average molecular weight is 344 g/mol. The molecule has 0 saturated heterocycles. The molecule has 1 amide bonds. The van der Waals surface area contributed by atoms with Crippen LogP contribution in [0.15, 0.2) is 48.8 Å². The van der Waals surface area contributed by atoms with Crippen molar-refractivity contribution in [3.8, 4) is 0 Å². The third-order valence-corrected chi connectivity index (χ3v) is 3.87. The Bertz CT molecular complexity index is 1090. The molecule has 0 unspecified atom stereocenters. The van der Waals surface area contributed by atoms with Crippen LogP contribution in [0.2, 0.25) is 0 Å². The van der Waals surface area contributed by atoms with Gasteiger partial charge in [-0.2, -0.15) is 13.2 Å². The molecular formula is C17H11F3N4O. The largest absolute Gasteiger partial charge is 0.431 e. The maximum atomic E-state index is 12.8. The predicted octanol–water partition coefficient (Wildman–Crippen LogP) is 4.32. The number of carbonyl (C=O) groups is 1. The van der Waals surface area contributed by atoms with E-state index in [9.17, 15) is 18.0 Å². The van der Waals surface area contributed by atoms with Gasteiger partial charge in [0.2, 0.25) is 0 Å². The van der Waals surface area contributed by atoms with Crippen LogP contribution in [0.4, 0.5) is 18.9 Å². The van der Waals surface area contributed by atoms with Crippen LogP contribution in [-0.2, 0) is 6.18 Å². The molecule has 2 heterocycles. The number of hydrogen-bond donors (Lipinski definition) is 3. The quantitative estimate of drug-likeness (QED) is 0.507. The zero-order chi connectivity index (χ0) is 17.6. The predicted molar refractivity (Wildman–Crippen MR) is 87.3 cm³/mol. The monoisotopic (exact) mass is 344 g/mol. The number of benzene rings is 2. The number of nitrogens with one attached hydrogen (secondary N) is 3. The molecule has 0 saturated carbocycles. The zero-order valence-corrected chi connectivity index (χ0v) is 12.6. The molecule has 4 rings (SSSR count). The van der Waals surface area contributed by atoms with E-state index >= 15 is 0 Å². The molecule has 5 nitrogen and oxygen atoms in total. The number of H-pyrrole nitrogens is 2. The number of aromatic nitrogens is 3. The molecule has 8 heteroatoms. The van der Waals surface area contributed by atoms with Gasteiger partial charge in [0.15, 0.2) is 0 Å². The van der Waals surface area contributed by atoms with Crippen molar-refractivity contribution in [1.29, 1.82) is 0 Å². The Kier molecular flexibility index (Phi) is 3.28. The lowest BCUT2D eigenvalue weighted by Crippen LogP contribution is -2.11. The molecule has 4 aromatic rings. The Balaban J connectivity index is 1.62. The van der Waals surface area contributed by atoms with Crippen LogP contribution >= 0.6 is 0 Å². The van der Waals surface area contributed by atoms with E-state index in [1.54, 1.807) is 24.3 Å². The van der Waals surface area contributed by atoms with Crippen LogP contribution in [0.5, 0.6) is 0 Å². The lowest BCUT2D eigenvalue weighted by atomic mass is 10.1. The van der Waals surface area contributed by atoms with E-state index in [0.717, 1.165) is 17.1 Å². The zero-order valence-electron chi connectivity index (χ0n) is 12.6. The summed E-state index contributed by atoms with van der Waals surface area (Å²) in [7, 11) is 0. The smallest absolute Gasteiger partial charge is 0.351 e. The number of aromatic amines is 2. The maximum absolute atomic E-state index is 12.8. The van der Waals surface area contributed by atoms with Crippen molar-refractivity contribution in [3.05, 3.63) is 60.0 Å². The van der Waals surface area contributed by atoms with Gasteiger partial charge in [0.1, 0.15) is 5.69 Å². The molecule has 2 aromatic heterocycles. The van der Waals surface area contributed by atoms with Crippen molar-refractivity contribution >= 4 is 33.5 Å². The van der Waals surface area contributed by atoms with E-state index in [4.69, 9.17) is 0 Å². The molecule has 0 radical (unpaired) electrons. The molecule has 25 heavy (non-hydrogen) atoms. The summed E-state index contributed by atoms with van der Waals surface area (Å²) in [4.78, 5) is 21.7. The van der Waals surface area contributed by atoms with Gasteiger partial charge in [0.05, 0.1) is 17.4 Å². The second kappa shape index (κ2) is 5.37.